The van der Waals surface area contributed by atoms with Crippen LogP contribution >= 0.6 is 23.2 Å². The van der Waals surface area contributed by atoms with Gasteiger partial charge in [-0.3, -0.25) is 9.59 Å². The van der Waals surface area contributed by atoms with E-state index in [9.17, 15) is 9.59 Å². The number of hydrogen-bond acceptors (Lipinski definition) is 2. The van der Waals surface area contributed by atoms with Gasteiger partial charge in [-0.05, 0) is 29.8 Å². The lowest BCUT2D eigenvalue weighted by Gasteiger charge is -2.15. The third kappa shape index (κ3) is 4.47. The molecule has 0 aliphatic heterocycles. The highest BCUT2D eigenvalue weighted by Gasteiger charge is 2.13. The monoisotopic (exact) mass is 350 g/mol. The van der Waals surface area contributed by atoms with Crippen LogP contribution in [0.4, 0.5) is 5.69 Å². The van der Waals surface area contributed by atoms with Gasteiger partial charge in [-0.15, -0.1) is 0 Å². The Labute approximate surface area is 145 Å². The first-order chi connectivity index (χ1) is 10.9. The van der Waals surface area contributed by atoms with Crippen molar-refractivity contribution in [2.45, 2.75) is 13.5 Å². The van der Waals surface area contributed by atoms with Crippen LogP contribution in [0.5, 0.6) is 0 Å². The van der Waals surface area contributed by atoms with Crippen LogP contribution in [0.15, 0.2) is 42.5 Å². The molecule has 2 aromatic rings. The Bertz CT molecular complexity index is 747. The molecule has 0 aliphatic rings. The SMILES string of the molecule is CC(=O)N(C)Cc1cccc(NC(=O)c2cccc(Cl)c2Cl)c1. The standard InChI is InChI=1S/C17H16Cl2N2O2/c1-11(22)21(2)10-12-5-3-6-13(9-12)20-17(23)14-7-4-8-15(18)16(14)19/h3-9H,10H2,1-2H3,(H,20,23). The van der Waals surface area contributed by atoms with Crippen LogP contribution in [0.1, 0.15) is 22.8 Å². The minimum Gasteiger partial charge on any atom is -0.342 e. The van der Waals surface area contributed by atoms with Crippen molar-refractivity contribution in [2.75, 3.05) is 12.4 Å². The van der Waals surface area contributed by atoms with E-state index in [2.05, 4.69) is 5.32 Å². The molecule has 0 unspecified atom stereocenters. The Morgan fingerprint density at radius 2 is 1.83 bits per heavy atom. The minimum atomic E-state index is -0.338. The third-order valence-electron chi connectivity index (χ3n) is 3.34. The lowest BCUT2D eigenvalue weighted by atomic mass is 10.1. The molecule has 4 nitrogen and oxygen atoms in total. The Morgan fingerprint density at radius 3 is 2.52 bits per heavy atom. The zero-order valence-corrected chi connectivity index (χ0v) is 14.3. The Kier molecular flexibility index (Phi) is 5.64. The van der Waals surface area contributed by atoms with Crippen molar-refractivity contribution in [3.63, 3.8) is 0 Å². The summed E-state index contributed by atoms with van der Waals surface area (Å²) in [6, 6.07) is 12.2. The van der Waals surface area contributed by atoms with Crippen molar-refractivity contribution in [3.8, 4) is 0 Å². The summed E-state index contributed by atoms with van der Waals surface area (Å²) < 4.78 is 0. The molecule has 2 aromatic carbocycles. The fourth-order valence-corrected chi connectivity index (χ4v) is 2.40. The molecule has 6 heteroatoms. The van der Waals surface area contributed by atoms with Crippen LogP contribution in [0.25, 0.3) is 0 Å². The van der Waals surface area contributed by atoms with E-state index in [1.807, 2.05) is 18.2 Å². The molecule has 120 valence electrons. The first-order valence-corrected chi connectivity index (χ1v) is 7.70. The van der Waals surface area contributed by atoms with E-state index < -0.39 is 0 Å². The van der Waals surface area contributed by atoms with Crippen LogP contribution in [0.3, 0.4) is 0 Å². The van der Waals surface area contributed by atoms with Crippen LogP contribution in [0, 0.1) is 0 Å². The van der Waals surface area contributed by atoms with Gasteiger partial charge in [0.1, 0.15) is 0 Å². The molecule has 0 atom stereocenters. The normalized spacial score (nSPS) is 10.3. The summed E-state index contributed by atoms with van der Waals surface area (Å²) in [4.78, 5) is 25.2. The number of hydrogen-bond donors (Lipinski definition) is 1. The number of carbonyl (C=O) groups is 2. The van der Waals surface area contributed by atoms with E-state index in [0.29, 0.717) is 22.8 Å². The van der Waals surface area contributed by atoms with Crippen molar-refractivity contribution in [1.82, 2.24) is 4.90 Å². The number of anilines is 1. The van der Waals surface area contributed by atoms with E-state index in [-0.39, 0.29) is 16.8 Å². The molecular formula is C17H16Cl2N2O2. The van der Waals surface area contributed by atoms with Crippen LogP contribution < -0.4 is 5.32 Å². The van der Waals surface area contributed by atoms with Crippen molar-refractivity contribution < 1.29 is 9.59 Å². The van der Waals surface area contributed by atoms with Gasteiger partial charge in [0, 0.05) is 26.2 Å². The highest BCUT2D eigenvalue weighted by Crippen LogP contribution is 2.26. The molecule has 2 amide bonds. The average Bonchev–Trinajstić information content (AvgIpc) is 2.50. The predicted octanol–water partition coefficient (Wildman–Crippen LogP) is 4.22. The fraction of sp³-hybridized carbons (Fsp3) is 0.176. The first kappa shape index (κ1) is 17.3. The molecule has 23 heavy (non-hydrogen) atoms. The summed E-state index contributed by atoms with van der Waals surface area (Å²) in [5.74, 6) is -0.361. The van der Waals surface area contributed by atoms with Gasteiger partial charge < -0.3 is 10.2 Å². The van der Waals surface area contributed by atoms with Gasteiger partial charge in [0.2, 0.25) is 5.91 Å². The minimum absolute atomic E-state index is 0.0230. The maximum Gasteiger partial charge on any atom is 0.257 e. The summed E-state index contributed by atoms with van der Waals surface area (Å²) in [5.41, 5.74) is 1.85. The second-order valence-electron chi connectivity index (χ2n) is 5.13. The largest absolute Gasteiger partial charge is 0.342 e. The van der Waals surface area contributed by atoms with E-state index in [0.717, 1.165) is 5.56 Å². The van der Waals surface area contributed by atoms with E-state index in [1.54, 1.807) is 36.2 Å². The van der Waals surface area contributed by atoms with Crippen LogP contribution in [-0.2, 0) is 11.3 Å². The predicted molar refractivity (Wildman–Crippen MR) is 93.0 cm³/mol. The highest BCUT2D eigenvalue weighted by molar-refractivity contribution is 6.44. The molecule has 1 N–H and O–H groups in total. The van der Waals surface area contributed by atoms with Crippen LogP contribution in [0.2, 0.25) is 10.0 Å². The number of carbonyl (C=O) groups excluding carboxylic acids is 2. The quantitative estimate of drug-likeness (QED) is 0.896. The fourth-order valence-electron chi connectivity index (χ4n) is 2.01. The van der Waals surface area contributed by atoms with Gasteiger partial charge in [-0.25, -0.2) is 0 Å². The molecule has 0 heterocycles. The molecule has 0 radical (unpaired) electrons. The van der Waals surface area contributed by atoms with Gasteiger partial charge in [0.25, 0.3) is 5.91 Å². The first-order valence-electron chi connectivity index (χ1n) is 6.94. The summed E-state index contributed by atoms with van der Waals surface area (Å²) in [5, 5.41) is 3.33. The second kappa shape index (κ2) is 7.49. The second-order valence-corrected chi connectivity index (χ2v) is 5.92. The van der Waals surface area contributed by atoms with Crippen molar-refractivity contribution in [3.05, 3.63) is 63.6 Å². The molecule has 0 aromatic heterocycles. The van der Waals surface area contributed by atoms with Gasteiger partial charge in [0.05, 0.1) is 15.6 Å². The number of amides is 2. The number of benzene rings is 2. The van der Waals surface area contributed by atoms with Gasteiger partial charge in [-0.1, -0.05) is 41.4 Å². The van der Waals surface area contributed by atoms with E-state index >= 15 is 0 Å². The lowest BCUT2D eigenvalue weighted by molar-refractivity contribution is -0.128. The Morgan fingerprint density at radius 1 is 1.13 bits per heavy atom. The zero-order chi connectivity index (χ0) is 17.0. The van der Waals surface area contributed by atoms with Crippen molar-refractivity contribution in [2.24, 2.45) is 0 Å². The van der Waals surface area contributed by atoms with Gasteiger partial charge in [0.15, 0.2) is 0 Å². The zero-order valence-electron chi connectivity index (χ0n) is 12.8. The van der Waals surface area contributed by atoms with Crippen LogP contribution in [-0.4, -0.2) is 23.8 Å². The van der Waals surface area contributed by atoms with Gasteiger partial charge >= 0.3 is 0 Å². The molecule has 0 fully saturated rings. The molecule has 0 bridgehead atoms. The Hall–Kier alpha value is -2.04. The molecular weight excluding hydrogens is 335 g/mol. The third-order valence-corrected chi connectivity index (χ3v) is 4.16. The number of rotatable bonds is 4. The smallest absolute Gasteiger partial charge is 0.257 e. The van der Waals surface area contributed by atoms with E-state index in [1.165, 1.54) is 6.92 Å². The van der Waals surface area contributed by atoms with Gasteiger partial charge in [-0.2, -0.15) is 0 Å². The summed E-state index contributed by atoms with van der Waals surface area (Å²) >= 11 is 12.0. The number of halogens is 2. The highest BCUT2D eigenvalue weighted by atomic mass is 35.5. The van der Waals surface area contributed by atoms with E-state index in [4.69, 9.17) is 23.2 Å². The summed E-state index contributed by atoms with van der Waals surface area (Å²) in [6.07, 6.45) is 0. The van der Waals surface area contributed by atoms with Crippen molar-refractivity contribution in [1.29, 1.82) is 0 Å². The lowest BCUT2D eigenvalue weighted by Crippen LogP contribution is -2.23. The molecule has 0 saturated carbocycles. The Balaban J connectivity index is 2.15. The van der Waals surface area contributed by atoms with Crippen molar-refractivity contribution >= 4 is 40.7 Å². The topological polar surface area (TPSA) is 49.4 Å². The number of nitrogens with zero attached hydrogens (tertiary/aromatic N) is 1. The maximum absolute atomic E-state index is 12.3. The molecule has 0 saturated heterocycles. The average molecular weight is 351 g/mol. The maximum atomic E-state index is 12.3. The molecule has 0 aliphatic carbocycles. The molecule has 2 rings (SSSR count). The summed E-state index contributed by atoms with van der Waals surface area (Å²) in [6.45, 7) is 1.98. The summed E-state index contributed by atoms with van der Waals surface area (Å²) in [7, 11) is 1.72. The molecule has 0 spiro atoms. The number of nitrogens with one attached hydrogen (secondary N) is 1.